The maximum absolute atomic E-state index is 3.55. The molecule has 1 N–H and O–H groups in total. The molecule has 1 fully saturated rings. The third kappa shape index (κ3) is 2.00. The highest BCUT2D eigenvalue weighted by atomic mass is 15.2. The average Bonchev–Trinajstić information content (AvgIpc) is 2.91. The zero-order valence-electron chi connectivity index (χ0n) is 10.7. The van der Waals surface area contributed by atoms with Crippen molar-refractivity contribution in [3.8, 4) is 0 Å². The molecule has 1 aromatic carbocycles. The van der Waals surface area contributed by atoms with Crippen LogP contribution in [0.3, 0.4) is 0 Å². The van der Waals surface area contributed by atoms with Crippen molar-refractivity contribution in [1.29, 1.82) is 0 Å². The number of benzene rings is 1. The summed E-state index contributed by atoms with van der Waals surface area (Å²) in [7, 11) is 2.11. The molecule has 0 bridgehead atoms. The summed E-state index contributed by atoms with van der Waals surface area (Å²) in [5, 5.41) is 3.55. The zero-order chi connectivity index (χ0) is 11.7. The fourth-order valence-corrected chi connectivity index (χ4v) is 3.56. The van der Waals surface area contributed by atoms with Crippen molar-refractivity contribution < 1.29 is 0 Å². The van der Waals surface area contributed by atoms with Gasteiger partial charge < -0.3 is 5.32 Å². The van der Waals surface area contributed by atoms with Crippen LogP contribution in [-0.4, -0.2) is 31.1 Å². The highest BCUT2D eigenvalue weighted by Crippen LogP contribution is 2.34. The first kappa shape index (κ1) is 11.2. The molecule has 2 heteroatoms. The molecule has 1 saturated heterocycles. The van der Waals surface area contributed by atoms with Gasteiger partial charge >= 0.3 is 0 Å². The topological polar surface area (TPSA) is 15.3 Å². The van der Waals surface area contributed by atoms with Gasteiger partial charge in [-0.3, -0.25) is 4.90 Å². The summed E-state index contributed by atoms with van der Waals surface area (Å²) in [6, 6.07) is 10.2. The van der Waals surface area contributed by atoms with Crippen LogP contribution in [-0.2, 0) is 6.42 Å². The van der Waals surface area contributed by atoms with Gasteiger partial charge in [0.05, 0.1) is 0 Å². The molecule has 1 aliphatic heterocycles. The van der Waals surface area contributed by atoms with Gasteiger partial charge in [0.1, 0.15) is 0 Å². The van der Waals surface area contributed by atoms with E-state index in [2.05, 4.69) is 41.5 Å². The molecule has 1 heterocycles. The van der Waals surface area contributed by atoms with Crippen molar-refractivity contribution >= 4 is 0 Å². The molecule has 1 aliphatic carbocycles. The normalized spacial score (nSPS) is 29.2. The Morgan fingerprint density at radius 2 is 1.94 bits per heavy atom. The van der Waals surface area contributed by atoms with Crippen LogP contribution in [0.25, 0.3) is 0 Å². The van der Waals surface area contributed by atoms with Gasteiger partial charge in [-0.1, -0.05) is 24.3 Å². The van der Waals surface area contributed by atoms with E-state index in [0.29, 0.717) is 12.1 Å². The second-order valence-corrected chi connectivity index (χ2v) is 5.31. The smallest absolute Gasteiger partial charge is 0.0478 e. The lowest BCUT2D eigenvalue weighted by Gasteiger charge is -2.39. The van der Waals surface area contributed by atoms with Gasteiger partial charge in [0.2, 0.25) is 0 Å². The molecule has 17 heavy (non-hydrogen) atoms. The number of nitrogens with zero attached hydrogens (tertiary/aromatic N) is 1. The van der Waals surface area contributed by atoms with E-state index in [-0.39, 0.29) is 0 Å². The molecule has 3 rings (SSSR count). The Bertz CT molecular complexity index is 382. The van der Waals surface area contributed by atoms with Crippen molar-refractivity contribution in [1.82, 2.24) is 10.2 Å². The first-order chi connectivity index (χ1) is 8.40. The number of rotatable bonds is 2. The summed E-state index contributed by atoms with van der Waals surface area (Å²) in [6.45, 7) is 2.59. The van der Waals surface area contributed by atoms with Gasteiger partial charge in [-0.2, -0.15) is 0 Å². The standard InChI is InChI=1S/C15H22N2/c1-16-15-13-7-3-2-6-12(13)8-9-14(15)17-10-4-5-11-17/h2-3,6-7,14-16H,4-5,8-11H2,1H3/t14-,15+/m0/s1. The second-order valence-electron chi connectivity index (χ2n) is 5.31. The first-order valence-corrected chi connectivity index (χ1v) is 6.89. The van der Waals surface area contributed by atoms with Crippen LogP contribution in [0.15, 0.2) is 24.3 Å². The first-order valence-electron chi connectivity index (χ1n) is 6.89. The van der Waals surface area contributed by atoms with E-state index < -0.39 is 0 Å². The van der Waals surface area contributed by atoms with Crippen molar-refractivity contribution in [2.45, 2.75) is 37.8 Å². The van der Waals surface area contributed by atoms with E-state index in [1.165, 1.54) is 44.3 Å². The molecule has 0 saturated carbocycles. The number of fused-ring (bicyclic) bond motifs is 1. The minimum Gasteiger partial charge on any atom is -0.312 e. The largest absolute Gasteiger partial charge is 0.312 e. The van der Waals surface area contributed by atoms with Crippen molar-refractivity contribution in [2.24, 2.45) is 0 Å². The molecular weight excluding hydrogens is 208 g/mol. The molecule has 1 aromatic rings. The lowest BCUT2D eigenvalue weighted by atomic mass is 9.83. The Morgan fingerprint density at radius 3 is 2.71 bits per heavy atom. The van der Waals surface area contributed by atoms with Gasteiger partial charge in [0.15, 0.2) is 0 Å². The lowest BCUT2D eigenvalue weighted by molar-refractivity contribution is 0.176. The SMILES string of the molecule is CN[C@@H]1c2ccccc2CC[C@@H]1N1CCCC1. The van der Waals surface area contributed by atoms with Gasteiger partial charge in [-0.15, -0.1) is 0 Å². The minimum atomic E-state index is 0.526. The predicted octanol–water partition coefficient (Wildman–Crippen LogP) is 2.36. The molecule has 0 radical (unpaired) electrons. The van der Waals surface area contributed by atoms with E-state index in [1.54, 1.807) is 5.56 Å². The average molecular weight is 230 g/mol. The van der Waals surface area contributed by atoms with E-state index in [4.69, 9.17) is 0 Å². The monoisotopic (exact) mass is 230 g/mol. The molecule has 0 amide bonds. The minimum absolute atomic E-state index is 0.526. The lowest BCUT2D eigenvalue weighted by Crippen LogP contribution is -2.45. The Hall–Kier alpha value is -0.860. The van der Waals surface area contributed by atoms with E-state index >= 15 is 0 Å². The number of aryl methyl sites for hydroxylation is 1. The Labute approximate surface area is 104 Å². The molecule has 2 nitrogen and oxygen atoms in total. The van der Waals surface area contributed by atoms with Crippen molar-refractivity contribution in [2.75, 3.05) is 20.1 Å². The molecule has 0 unspecified atom stereocenters. The van der Waals surface area contributed by atoms with Gasteiger partial charge in [0, 0.05) is 12.1 Å². The molecule has 2 aliphatic rings. The Balaban J connectivity index is 1.88. The summed E-state index contributed by atoms with van der Waals surface area (Å²) < 4.78 is 0. The summed E-state index contributed by atoms with van der Waals surface area (Å²) in [5.41, 5.74) is 3.07. The summed E-state index contributed by atoms with van der Waals surface area (Å²) >= 11 is 0. The summed E-state index contributed by atoms with van der Waals surface area (Å²) in [5.74, 6) is 0. The van der Waals surface area contributed by atoms with E-state index in [1.807, 2.05) is 0 Å². The van der Waals surface area contributed by atoms with Crippen LogP contribution in [0.2, 0.25) is 0 Å². The van der Waals surface area contributed by atoms with Crippen LogP contribution in [0.1, 0.15) is 36.4 Å². The van der Waals surface area contributed by atoms with Crippen LogP contribution in [0, 0.1) is 0 Å². The van der Waals surface area contributed by atoms with Crippen LogP contribution >= 0.6 is 0 Å². The quantitative estimate of drug-likeness (QED) is 0.839. The van der Waals surface area contributed by atoms with Gasteiger partial charge in [-0.05, 0) is 56.9 Å². The van der Waals surface area contributed by atoms with Gasteiger partial charge in [-0.25, -0.2) is 0 Å². The second kappa shape index (κ2) is 4.79. The molecule has 92 valence electrons. The fraction of sp³-hybridized carbons (Fsp3) is 0.600. The maximum atomic E-state index is 3.55. The third-order valence-electron chi connectivity index (χ3n) is 4.41. The Morgan fingerprint density at radius 1 is 1.18 bits per heavy atom. The number of likely N-dealkylation sites (tertiary alicyclic amines) is 1. The Kier molecular flexibility index (Phi) is 3.17. The van der Waals surface area contributed by atoms with Crippen LogP contribution in [0.4, 0.5) is 0 Å². The molecular formula is C15H22N2. The van der Waals surface area contributed by atoms with E-state index in [9.17, 15) is 0 Å². The molecule has 2 atom stereocenters. The third-order valence-corrected chi connectivity index (χ3v) is 4.41. The predicted molar refractivity (Wildman–Crippen MR) is 71.2 cm³/mol. The van der Waals surface area contributed by atoms with E-state index in [0.717, 1.165) is 0 Å². The number of nitrogens with one attached hydrogen (secondary N) is 1. The van der Waals surface area contributed by atoms with Crippen molar-refractivity contribution in [3.05, 3.63) is 35.4 Å². The molecule has 0 aromatic heterocycles. The highest BCUT2D eigenvalue weighted by Gasteiger charge is 2.33. The van der Waals surface area contributed by atoms with Gasteiger partial charge in [0.25, 0.3) is 0 Å². The summed E-state index contributed by atoms with van der Waals surface area (Å²) in [4.78, 5) is 2.69. The van der Waals surface area contributed by atoms with Crippen LogP contribution < -0.4 is 5.32 Å². The zero-order valence-corrected chi connectivity index (χ0v) is 10.7. The number of hydrogen-bond donors (Lipinski definition) is 1. The van der Waals surface area contributed by atoms with Crippen molar-refractivity contribution in [3.63, 3.8) is 0 Å². The number of likely N-dealkylation sites (N-methyl/N-ethyl adjacent to an activating group) is 1. The summed E-state index contributed by atoms with van der Waals surface area (Å²) in [6.07, 6.45) is 5.32. The van der Waals surface area contributed by atoms with Crippen LogP contribution in [0.5, 0.6) is 0 Å². The maximum Gasteiger partial charge on any atom is 0.0478 e. The number of hydrogen-bond acceptors (Lipinski definition) is 2. The fourth-order valence-electron chi connectivity index (χ4n) is 3.56. The highest BCUT2D eigenvalue weighted by molar-refractivity contribution is 5.34. The molecule has 0 spiro atoms.